The molecule has 1 saturated carbocycles. The molecule has 0 N–H and O–H groups in total. The van der Waals surface area contributed by atoms with E-state index in [1.165, 1.54) is 7.11 Å². The van der Waals surface area contributed by atoms with Crippen LogP contribution in [0.15, 0.2) is 0 Å². The van der Waals surface area contributed by atoms with Crippen LogP contribution in [0.25, 0.3) is 0 Å². The lowest BCUT2D eigenvalue weighted by Gasteiger charge is -2.27. The molecule has 0 aromatic carbocycles. The van der Waals surface area contributed by atoms with E-state index in [0.29, 0.717) is 25.7 Å². The number of esters is 1. The van der Waals surface area contributed by atoms with E-state index in [-0.39, 0.29) is 24.6 Å². The Morgan fingerprint density at radius 1 is 1.24 bits per heavy atom. The summed E-state index contributed by atoms with van der Waals surface area (Å²) in [4.78, 5) is 11.2. The molecule has 0 heterocycles. The molecule has 3 nitrogen and oxygen atoms in total. The highest BCUT2D eigenvalue weighted by atomic mass is 19.4. The zero-order valence-electron chi connectivity index (χ0n) is 9.76. The molecule has 0 amide bonds. The third kappa shape index (κ3) is 5.39. The van der Waals surface area contributed by atoms with Crippen molar-refractivity contribution in [2.75, 3.05) is 13.7 Å². The van der Waals surface area contributed by atoms with Crippen LogP contribution in [-0.4, -0.2) is 32.0 Å². The van der Waals surface area contributed by atoms with Gasteiger partial charge in [-0.3, -0.25) is 4.79 Å². The highest BCUT2D eigenvalue weighted by Crippen LogP contribution is 2.28. The molecule has 1 fully saturated rings. The van der Waals surface area contributed by atoms with Crippen LogP contribution in [0.5, 0.6) is 0 Å². The molecule has 6 heteroatoms. The molecular formula is C11H17F3O3. The number of carbonyl (C=O) groups is 1. The molecule has 1 aliphatic carbocycles. The molecule has 1 rings (SSSR count). The van der Waals surface area contributed by atoms with E-state index in [1.807, 2.05) is 0 Å². The van der Waals surface area contributed by atoms with Crippen LogP contribution in [0, 0.1) is 5.92 Å². The fraction of sp³-hybridized carbons (Fsp3) is 0.909. The number of halogens is 3. The van der Waals surface area contributed by atoms with Crippen molar-refractivity contribution in [1.29, 1.82) is 0 Å². The summed E-state index contributed by atoms with van der Waals surface area (Å²) in [5.74, 6) is -0.360. The molecule has 0 bridgehead atoms. The Morgan fingerprint density at radius 3 is 2.29 bits per heavy atom. The van der Waals surface area contributed by atoms with Crippen molar-refractivity contribution in [2.45, 2.75) is 44.4 Å². The monoisotopic (exact) mass is 254 g/mol. The van der Waals surface area contributed by atoms with E-state index in [2.05, 4.69) is 4.74 Å². The molecule has 0 spiro atoms. The summed E-state index contributed by atoms with van der Waals surface area (Å²) in [6.45, 7) is -0.295. The Kier molecular flexibility index (Phi) is 5.24. The Morgan fingerprint density at radius 2 is 1.82 bits per heavy atom. The zero-order valence-corrected chi connectivity index (χ0v) is 9.76. The van der Waals surface area contributed by atoms with E-state index in [0.717, 1.165) is 0 Å². The number of hydrogen-bond acceptors (Lipinski definition) is 3. The van der Waals surface area contributed by atoms with Crippen molar-refractivity contribution in [3.8, 4) is 0 Å². The number of carbonyl (C=O) groups excluding carboxylic acids is 1. The number of methoxy groups -OCH3 is 1. The number of alkyl halides is 3. The smallest absolute Gasteiger partial charge is 0.391 e. The van der Waals surface area contributed by atoms with Crippen LogP contribution < -0.4 is 0 Å². The first-order valence-electron chi connectivity index (χ1n) is 5.68. The maximum atomic E-state index is 11.9. The second kappa shape index (κ2) is 6.23. The Balaban J connectivity index is 2.17. The standard InChI is InChI=1S/C11H17F3O3/c1-16-10(15)8-2-4-9(5-3-8)17-7-6-11(12,13)14/h8-9H,2-7H2,1H3. The summed E-state index contributed by atoms with van der Waals surface area (Å²) >= 11 is 0. The summed E-state index contributed by atoms with van der Waals surface area (Å²) < 4.78 is 45.4. The third-order valence-corrected chi connectivity index (χ3v) is 2.95. The summed E-state index contributed by atoms with van der Waals surface area (Å²) in [6.07, 6.45) is -2.73. The Bertz CT molecular complexity index is 245. The Hall–Kier alpha value is -0.780. The fourth-order valence-corrected chi connectivity index (χ4v) is 1.97. The molecule has 1 aliphatic rings. The van der Waals surface area contributed by atoms with Gasteiger partial charge in [-0.1, -0.05) is 0 Å². The second-order valence-corrected chi connectivity index (χ2v) is 4.23. The maximum Gasteiger partial charge on any atom is 0.391 e. The normalized spacial score (nSPS) is 25.6. The van der Waals surface area contributed by atoms with Crippen molar-refractivity contribution < 1.29 is 27.4 Å². The molecule has 17 heavy (non-hydrogen) atoms. The summed E-state index contributed by atoms with van der Waals surface area (Å²) in [5, 5.41) is 0. The van der Waals surface area contributed by atoms with Crippen molar-refractivity contribution in [1.82, 2.24) is 0 Å². The molecule has 0 atom stereocenters. The lowest BCUT2D eigenvalue weighted by molar-refractivity contribution is -0.152. The average molecular weight is 254 g/mol. The van der Waals surface area contributed by atoms with Crippen LogP contribution >= 0.6 is 0 Å². The maximum absolute atomic E-state index is 11.9. The van der Waals surface area contributed by atoms with Gasteiger partial charge in [0.05, 0.1) is 32.2 Å². The van der Waals surface area contributed by atoms with Gasteiger partial charge in [-0.25, -0.2) is 0 Å². The first kappa shape index (κ1) is 14.3. The van der Waals surface area contributed by atoms with Gasteiger partial charge >= 0.3 is 12.1 Å². The number of hydrogen-bond donors (Lipinski definition) is 0. The van der Waals surface area contributed by atoms with Crippen LogP contribution in [0.1, 0.15) is 32.1 Å². The van der Waals surface area contributed by atoms with E-state index < -0.39 is 12.6 Å². The minimum atomic E-state index is -4.16. The summed E-state index contributed by atoms with van der Waals surface area (Å²) in [5.41, 5.74) is 0. The summed E-state index contributed by atoms with van der Waals surface area (Å²) in [6, 6.07) is 0. The predicted molar refractivity (Wildman–Crippen MR) is 54.4 cm³/mol. The highest BCUT2D eigenvalue weighted by molar-refractivity contribution is 5.72. The van der Waals surface area contributed by atoms with Gasteiger partial charge in [-0.15, -0.1) is 0 Å². The van der Waals surface area contributed by atoms with Crippen LogP contribution in [0.4, 0.5) is 13.2 Å². The van der Waals surface area contributed by atoms with E-state index in [1.54, 1.807) is 0 Å². The highest BCUT2D eigenvalue weighted by Gasteiger charge is 2.30. The zero-order chi connectivity index (χ0) is 12.9. The van der Waals surface area contributed by atoms with E-state index in [4.69, 9.17) is 4.74 Å². The average Bonchev–Trinajstić information content (AvgIpc) is 2.27. The van der Waals surface area contributed by atoms with E-state index >= 15 is 0 Å². The van der Waals surface area contributed by atoms with Gasteiger partial charge in [-0.2, -0.15) is 13.2 Å². The van der Waals surface area contributed by atoms with Gasteiger partial charge in [0.1, 0.15) is 0 Å². The van der Waals surface area contributed by atoms with Gasteiger partial charge in [0, 0.05) is 0 Å². The van der Waals surface area contributed by atoms with Gasteiger partial charge in [0.25, 0.3) is 0 Å². The molecule has 100 valence electrons. The minimum Gasteiger partial charge on any atom is -0.469 e. The van der Waals surface area contributed by atoms with Crippen molar-refractivity contribution in [2.24, 2.45) is 5.92 Å². The molecule has 0 aliphatic heterocycles. The topological polar surface area (TPSA) is 35.5 Å². The first-order chi connectivity index (χ1) is 7.92. The Labute approximate surface area is 98.3 Å². The van der Waals surface area contributed by atoms with Gasteiger partial charge in [0.2, 0.25) is 0 Å². The van der Waals surface area contributed by atoms with E-state index in [9.17, 15) is 18.0 Å². The number of rotatable bonds is 4. The molecule has 0 aromatic rings. The van der Waals surface area contributed by atoms with Crippen molar-refractivity contribution in [3.05, 3.63) is 0 Å². The van der Waals surface area contributed by atoms with Crippen molar-refractivity contribution >= 4 is 5.97 Å². The minimum absolute atomic E-state index is 0.123. The number of ether oxygens (including phenoxy) is 2. The van der Waals surface area contributed by atoms with Gasteiger partial charge in [-0.05, 0) is 25.7 Å². The second-order valence-electron chi connectivity index (χ2n) is 4.23. The lowest BCUT2D eigenvalue weighted by Crippen LogP contribution is -2.27. The van der Waals surface area contributed by atoms with Crippen molar-refractivity contribution in [3.63, 3.8) is 0 Å². The molecular weight excluding hydrogens is 237 g/mol. The predicted octanol–water partition coefficient (Wildman–Crippen LogP) is 2.69. The molecule has 0 saturated heterocycles. The van der Waals surface area contributed by atoms with Crippen LogP contribution in [0.2, 0.25) is 0 Å². The van der Waals surface area contributed by atoms with Crippen LogP contribution in [0.3, 0.4) is 0 Å². The fourth-order valence-electron chi connectivity index (χ4n) is 1.97. The van der Waals surface area contributed by atoms with Gasteiger partial charge < -0.3 is 9.47 Å². The molecule has 0 unspecified atom stereocenters. The SMILES string of the molecule is COC(=O)C1CCC(OCCC(F)(F)F)CC1. The lowest BCUT2D eigenvalue weighted by atomic mass is 9.87. The van der Waals surface area contributed by atoms with Crippen LogP contribution in [-0.2, 0) is 14.3 Å². The molecule has 0 radical (unpaired) electrons. The summed E-state index contributed by atoms with van der Waals surface area (Å²) in [7, 11) is 1.34. The third-order valence-electron chi connectivity index (χ3n) is 2.95. The van der Waals surface area contributed by atoms with Gasteiger partial charge in [0.15, 0.2) is 0 Å². The first-order valence-corrected chi connectivity index (χ1v) is 5.68. The quantitative estimate of drug-likeness (QED) is 0.723. The molecule has 0 aromatic heterocycles. The largest absolute Gasteiger partial charge is 0.469 e.